The molecule has 1 aliphatic carbocycles. The summed E-state index contributed by atoms with van der Waals surface area (Å²) in [7, 11) is 0. The predicted octanol–water partition coefficient (Wildman–Crippen LogP) is 3.83. The van der Waals surface area contributed by atoms with Crippen molar-refractivity contribution in [3.63, 3.8) is 0 Å². The number of esters is 2. The molecule has 0 saturated carbocycles. The van der Waals surface area contributed by atoms with E-state index in [1.807, 2.05) is 0 Å². The number of ether oxygens (including phenoxy) is 1. The smallest absolute Gasteiger partial charge is 0.393 e. The summed E-state index contributed by atoms with van der Waals surface area (Å²) < 4.78 is 42.9. The fourth-order valence-electron chi connectivity index (χ4n) is 2.97. The zero-order valence-electron chi connectivity index (χ0n) is 11.1. The van der Waals surface area contributed by atoms with Crippen molar-refractivity contribution >= 4 is 27.9 Å². The lowest BCUT2D eigenvalue weighted by molar-refractivity contribution is -0.153. The highest BCUT2D eigenvalue weighted by Crippen LogP contribution is 2.44. The van der Waals surface area contributed by atoms with Gasteiger partial charge in [0.25, 0.3) is 0 Å². The summed E-state index contributed by atoms with van der Waals surface area (Å²) in [5, 5.41) is 0. The Kier molecular flexibility index (Phi) is 3.63. The zero-order valence-corrected chi connectivity index (χ0v) is 12.6. The first-order valence-corrected chi connectivity index (χ1v) is 7.37. The van der Waals surface area contributed by atoms with Gasteiger partial charge in [0, 0.05) is 10.4 Å². The van der Waals surface area contributed by atoms with Crippen molar-refractivity contribution in [2.75, 3.05) is 0 Å². The second-order valence-electron chi connectivity index (χ2n) is 5.30. The number of hydrogen-bond donors (Lipinski definition) is 0. The van der Waals surface area contributed by atoms with E-state index in [1.54, 1.807) is 12.2 Å². The SMILES string of the molecule is O=C1OC(=O)[C@H]2CC=C[C@@H](c3ccc(C(F)(F)F)c(Br)c3)[C@@H]12. The van der Waals surface area contributed by atoms with Gasteiger partial charge < -0.3 is 4.74 Å². The molecule has 1 heterocycles. The van der Waals surface area contributed by atoms with Gasteiger partial charge in [-0.2, -0.15) is 13.2 Å². The Morgan fingerprint density at radius 1 is 1.18 bits per heavy atom. The summed E-state index contributed by atoms with van der Waals surface area (Å²) in [4.78, 5) is 23.5. The van der Waals surface area contributed by atoms with Crippen LogP contribution in [0.4, 0.5) is 13.2 Å². The molecule has 3 rings (SSSR count). The highest BCUT2D eigenvalue weighted by Gasteiger charge is 2.49. The Morgan fingerprint density at radius 3 is 2.55 bits per heavy atom. The molecule has 1 fully saturated rings. The third-order valence-electron chi connectivity index (χ3n) is 4.01. The van der Waals surface area contributed by atoms with Crippen LogP contribution in [0.1, 0.15) is 23.5 Å². The van der Waals surface area contributed by atoms with E-state index in [9.17, 15) is 22.8 Å². The summed E-state index contributed by atoms with van der Waals surface area (Å²) in [6, 6.07) is 3.65. The molecule has 1 aromatic carbocycles. The van der Waals surface area contributed by atoms with Crippen LogP contribution in [0, 0.1) is 11.8 Å². The van der Waals surface area contributed by atoms with E-state index >= 15 is 0 Å². The third-order valence-corrected chi connectivity index (χ3v) is 4.67. The second-order valence-corrected chi connectivity index (χ2v) is 6.15. The largest absolute Gasteiger partial charge is 0.417 e. The highest BCUT2D eigenvalue weighted by molar-refractivity contribution is 9.10. The van der Waals surface area contributed by atoms with Crippen molar-refractivity contribution in [1.82, 2.24) is 0 Å². The summed E-state index contributed by atoms with van der Waals surface area (Å²) >= 11 is 2.92. The highest BCUT2D eigenvalue weighted by atomic mass is 79.9. The van der Waals surface area contributed by atoms with Crippen LogP contribution in [0.2, 0.25) is 0 Å². The number of rotatable bonds is 1. The van der Waals surface area contributed by atoms with Crippen LogP contribution in [-0.2, 0) is 20.5 Å². The van der Waals surface area contributed by atoms with Crippen LogP contribution in [0.3, 0.4) is 0 Å². The van der Waals surface area contributed by atoms with Crippen molar-refractivity contribution in [2.45, 2.75) is 18.5 Å². The number of cyclic esters (lactones) is 2. The summed E-state index contributed by atoms with van der Waals surface area (Å²) in [5.41, 5.74) is -0.241. The number of alkyl halides is 3. The minimum absolute atomic E-state index is 0.0919. The number of carbonyl (C=O) groups excluding carboxylic acids is 2. The normalized spacial score (nSPS) is 27.7. The number of benzene rings is 1. The number of carbonyl (C=O) groups is 2. The molecule has 3 atom stereocenters. The molecule has 3 nitrogen and oxygen atoms in total. The molecular weight excluding hydrogens is 365 g/mol. The number of halogens is 4. The van der Waals surface area contributed by atoms with E-state index < -0.39 is 41.4 Å². The van der Waals surface area contributed by atoms with Crippen LogP contribution < -0.4 is 0 Å². The van der Waals surface area contributed by atoms with Gasteiger partial charge >= 0.3 is 18.1 Å². The van der Waals surface area contributed by atoms with Gasteiger partial charge in [-0.3, -0.25) is 9.59 Å². The maximum atomic E-state index is 12.8. The Bertz CT molecular complexity index is 681. The van der Waals surface area contributed by atoms with E-state index in [1.165, 1.54) is 12.1 Å². The van der Waals surface area contributed by atoms with E-state index in [-0.39, 0.29) is 4.47 Å². The molecule has 0 N–H and O–H groups in total. The lowest BCUT2D eigenvalue weighted by Crippen LogP contribution is -2.26. The topological polar surface area (TPSA) is 43.4 Å². The molecule has 0 amide bonds. The fraction of sp³-hybridized carbons (Fsp3) is 0.333. The van der Waals surface area contributed by atoms with Gasteiger partial charge in [0.05, 0.1) is 17.4 Å². The first-order chi connectivity index (χ1) is 10.3. The summed E-state index contributed by atoms with van der Waals surface area (Å²) in [5.74, 6) is -2.85. The van der Waals surface area contributed by atoms with Gasteiger partial charge in [-0.1, -0.05) is 34.1 Å². The number of hydrogen-bond acceptors (Lipinski definition) is 3. The third kappa shape index (κ3) is 2.47. The number of allylic oxidation sites excluding steroid dienone is 2. The fourth-order valence-corrected chi connectivity index (χ4v) is 3.59. The Balaban J connectivity index is 1.99. The van der Waals surface area contributed by atoms with Gasteiger partial charge in [0.1, 0.15) is 0 Å². The van der Waals surface area contributed by atoms with Crippen LogP contribution >= 0.6 is 15.9 Å². The Hall–Kier alpha value is -1.63. The van der Waals surface area contributed by atoms with E-state index in [0.717, 1.165) is 6.07 Å². The molecule has 0 radical (unpaired) electrons. The number of fused-ring (bicyclic) bond motifs is 1. The molecule has 1 aliphatic heterocycles. The Labute approximate surface area is 132 Å². The van der Waals surface area contributed by atoms with Crippen molar-refractivity contribution in [3.8, 4) is 0 Å². The van der Waals surface area contributed by atoms with E-state index in [0.29, 0.717) is 12.0 Å². The first-order valence-electron chi connectivity index (χ1n) is 6.58. The molecule has 0 bridgehead atoms. The summed E-state index contributed by atoms with van der Waals surface area (Å²) in [6.07, 6.45) is -0.536. The van der Waals surface area contributed by atoms with E-state index in [2.05, 4.69) is 20.7 Å². The van der Waals surface area contributed by atoms with Crippen molar-refractivity contribution in [3.05, 3.63) is 46.0 Å². The quantitative estimate of drug-likeness (QED) is 0.426. The van der Waals surface area contributed by atoms with Gasteiger partial charge in [0.15, 0.2) is 0 Å². The average molecular weight is 375 g/mol. The minimum Gasteiger partial charge on any atom is -0.393 e. The standard InChI is InChI=1S/C15H10BrF3O3/c16-11-6-7(4-5-10(11)15(17,18)19)8-2-1-3-9-12(8)14(21)22-13(9)20/h1-2,4-6,8-9,12H,3H2/t8-,9-,12+/m0/s1. The van der Waals surface area contributed by atoms with Gasteiger partial charge in [-0.05, 0) is 24.1 Å². The monoisotopic (exact) mass is 374 g/mol. The Morgan fingerprint density at radius 2 is 1.91 bits per heavy atom. The van der Waals surface area contributed by atoms with Crippen LogP contribution in [0.25, 0.3) is 0 Å². The molecular formula is C15H10BrF3O3. The molecule has 0 spiro atoms. The average Bonchev–Trinajstić information content (AvgIpc) is 2.73. The lowest BCUT2D eigenvalue weighted by Gasteiger charge is -2.25. The van der Waals surface area contributed by atoms with E-state index in [4.69, 9.17) is 0 Å². The molecule has 116 valence electrons. The lowest BCUT2D eigenvalue weighted by atomic mass is 9.74. The maximum Gasteiger partial charge on any atom is 0.417 e. The summed E-state index contributed by atoms with van der Waals surface area (Å²) in [6.45, 7) is 0. The van der Waals surface area contributed by atoms with Crippen LogP contribution in [-0.4, -0.2) is 11.9 Å². The molecule has 22 heavy (non-hydrogen) atoms. The van der Waals surface area contributed by atoms with Gasteiger partial charge in [0.2, 0.25) is 0 Å². The zero-order chi connectivity index (χ0) is 16.1. The second kappa shape index (κ2) is 5.22. The molecule has 1 aromatic rings. The molecule has 1 saturated heterocycles. The van der Waals surface area contributed by atoms with Gasteiger partial charge in [-0.25, -0.2) is 0 Å². The molecule has 7 heteroatoms. The molecule has 0 aromatic heterocycles. The van der Waals surface area contributed by atoms with Gasteiger partial charge in [-0.15, -0.1) is 0 Å². The van der Waals surface area contributed by atoms with Crippen molar-refractivity contribution in [1.29, 1.82) is 0 Å². The molecule has 0 unspecified atom stereocenters. The van der Waals surface area contributed by atoms with Crippen LogP contribution in [0.15, 0.2) is 34.8 Å². The van der Waals surface area contributed by atoms with Crippen LogP contribution in [0.5, 0.6) is 0 Å². The van der Waals surface area contributed by atoms with Crippen molar-refractivity contribution < 1.29 is 27.5 Å². The first kappa shape index (κ1) is 15.3. The molecule has 2 aliphatic rings. The van der Waals surface area contributed by atoms with Crippen molar-refractivity contribution in [2.24, 2.45) is 11.8 Å². The maximum absolute atomic E-state index is 12.8. The minimum atomic E-state index is -4.45. The predicted molar refractivity (Wildman–Crippen MR) is 73.7 cm³/mol.